The Labute approximate surface area is 193 Å². The van der Waals surface area contributed by atoms with Crippen LogP contribution >= 0.6 is 11.6 Å². The number of anilines is 2. The number of hydrogen-bond donors (Lipinski definition) is 2. The topological polar surface area (TPSA) is 112 Å². The van der Waals surface area contributed by atoms with Crippen molar-refractivity contribution in [3.63, 3.8) is 0 Å². The van der Waals surface area contributed by atoms with Crippen LogP contribution in [0.1, 0.15) is 16.8 Å². The third kappa shape index (κ3) is 4.83. The van der Waals surface area contributed by atoms with Gasteiger partial charge in [-0.15, -0.1) is 0 Å². The summed E-state index contributed by atoms with van der Waals surface area (Å²) >= 11 is 5.89. The highest BCUT2D eigenvalue weighted by Gasteiger charge is 2.45. The Morgan fingerprint density at radius 1 is 0.970 bits per heavy atom. The first-order chi connectivity index (χ1) is 15.9. The number of benzene rings is 2. The second kappa shape index (κ2) is 9.49. The SMILES string of the molecule is O=C(NN(C(=O)Nc1ccc(Cl)cc1)C1CC(=O)N(c2ccccc2)C1=O)c1ccncc1. The minimum atomic E-state index is -1.24. The number of nitrogens with one attached hydrogen (secondary N) is 2. The maximum Gasteiger partial charge on any atom is 0.341 e. The number of amides is 5. The predicted octanol–water partition coefficient (Wildman–Crippen LogP) is 3.25. The van der Waals surface area contributed by atoms with E-state index in [0.29, 0.717) is 16.4 Å². The van der Waals surface area contributed by atoms with Crippen molar-refractivity contribution in [3.8, 4) is 0 Å². The quantitative estimate of drug-likeness (QED) is 0.455. The van der Waals surface area contributed by atoms with Crippen LogP contribution in [0.15, 0.2) is 79.1 Å². The van der Waals surface area contributed by atoms with Gasteiger partial charge in [0.1, 0.15) is 6.04 Å². The predicted molar refractivity (Wildman–Crippen MR) is 121 cm³/mol. The van der Waals surface area contributed by atoms with Gasteiger partial charge in [-0.1, -0.05) is 29.8 Å². The Morgan fingerprint density at radius 2 is 1.64 bits per heavy atom. The van der Waals surface area contributed by atoms with Crippen LogP contribution in [-0.2, 0) is 9.59 Å². The average molecular weight is 464 g/mol. The lowest BCUT2D eigenvalue weighted by Gasteiger charge is -2.28. The molecule has 2 N–H and O–H groups in total. The summed E-state index contributed by atoms with van der Waals surface area (Å²) in [4.78, 5) is 56.6. The molecule has 1 aromatic heterocycles. The fourth-order valence-electron chi connectivity index (χ4n) is 3.33. The number of carbonyl (C=O) groups excluding carboxylic acids is 4. The Bertz CT molecular complexity index is 1190. The van der Waals surface area contributed by atoms with Gasteiger partial charge in [-0.05, 0) is 48.5 Å². The van der Waals surface area contributed by atoms with Crippen LogP contribution in [-0.4, -0.2) is 39.8 Å². The fourth-order valence-corrected chi connectivity index (χ4v) is 3.46. The van der Waals surface area contributed by atoms with E-state index in [2.05, 4.69) is 15.7 Å². The average Bonchev–Trinajstić information content (AvgIpc) is 3.13. The molecule has 1 fully saturated rings. The fraction of sp³-hybridized carbons (Fsp3) is 0.0870. The van der Waals surface area contributed by atoms with E-state index in [0.717, 1.165) is 9.91 Å². The van der Waals surface area contributed by atoms with Gasteiger partial charge in [0.2, 0.25) is 5.91 Å². The zero-order valence-electron chi connectivity index (χ0n) is 17.1. The molecular weight excluding hydrogens is 446 g/mol. The van der Waals surface area contributed by atoms with Crippen molar-refractivity contribution in [2.45, 2.75) is 12.5 Å². The molecule has 1 aliphatic heterocycles. The summed E-state index contributed by atoms with van der Waals surface area (Å²) in [5, 5.41) is 3.94. The zero-order valence-corrected chi connectivity index (χ0v) is 17.9. The van der Waals surface area contributed by atoms with E-state index in [1.165, 1.54) is 24.5 Å². The van der Waals surface area contributed by atoms with Gasteiger partial charge >= 0.3 is 6.03 Å². The Morgan fingerprint density at radius 3 is 2.30 bits per heavy atom. The minimum Gasteiger partial charge on any atom is -0.306 e. The molecule has 4 rings (SSSR count). The van der Waals surface area contributed by atoms with Crippen LogP contribution in [0, 0.1) is 0 Å². The molecule has 0 radical (unpaired) electrons. The molecule has 1 aliphatic rings. The highest BCUT2D eigenvalue weighted by atomic mass is 35.5. The lowest BCUT2D eigenvalue weighted by atomic mass is 10.2. The molecule has 1 saturated heterocycles. The summed E-state index contributed by atoms with van der Waals surface area (Å²) in [7, 11) is 0. The number of carbonyl (C=O) groups is 4. The number of para-hydroxylation sites is 1. The second-order valence-corrected chi connectivity index (χ2v) is 7.54. The van der Waals surface area contributed by atoms with Gasteiger partial charge in [-0.2, -0.15) is 0 Å². The van der Waals surface area contributed by atoms with Crippen LogP contribution in [0.2, 0.25) is 5.02 Å². The molecule has 33 heavy (non-hydrogen) atoms. The highest BCUT2D eigenvalue weighted by molar-refractivity contribution is 6.30. The number of hydrogen-bond acceptors (Lipinski definition) is 5. The molecule has 9 nitrogen and oxygen atoms in total. The first-order valence-corrected chi connectivity index (χ1v) is 10.3. The van der Waals surface area contributed by atoms with E-state index >= 15 is 0 Å². The number of pyridine rings is 1. The van der Waals surface area contributed by atoms with Crippen LogP contribution in [0.5, 0.6) is 0 Å². The number of nitrogens with zero attached hydrogens (tertiary/aromatic N) is 3. The van der Waals surface area contributed by atoms with E-state index in [4.69, 9.17) is 11.6 Å². The van der Waals surface area contributed by atoms with Crippen molar-refractivity contribution < 1.29 is 19.2 Å². The van der Waals surface area contributed by atoms with Crippen molar-refractivity contribution in [1.82, 2.24) is 15.4 Å². The summed E-state index contributed by atoms with van der Waals surface area (Å²) in [6.07, 6.45) is 2.56. The Balaban J connectivity index is 1.62. The number of urea groups is 1. The summed E-state index contributed by atoms with van der Waals surface area (Å²) in [6, 6.07) is 15.6. The smallest absolute Gasteiger partial charge is 0.306 e. The van der Waals surface area contributed by atoms with Gasteiger partial charge in [0.05, 0.1) is 12.1 Å². The molecule has 1 atom stereocenters. The summed E-state index contributed by atoms with van der Waals surface area (Å²) in [6.45, 7) is 0. The second-order valence-electron chi connectivity index (χ2n) is 7.11. The normalized spacial score (nSPS) is 15.3. The number of halogens is 1. The molecule has 5 amide bonds. The molecule has 10 heteroatoms. The number of rotatable bonds is 4. The highest BCUT2D eigenvalue weighted by Crippen LogP contribution is 2.25. The van der Waals surface area contributed by atoms with Crippen molar-refractivity contribution >= 4 is 46.7 Å². The van der Waals surface area contributed by atoms with Crippen molar-refractivity contribution in [2.24, 2.45) is 0 Å². The Kier molecular flexibility index (Phi) is 6.32. The van der Waals surface area contributed by atoms with E-state index in [1.54, 1.807) is 54.6 Å². The van der Waals surface area contributed by atoms with Gasteiger partial charge in [0, 0.05) is 28.7 Å². The monoisotopic (exact) mass is 463 g/mol. The summed E-state index contributed by atoms with van der Waals surface area (Å²) < 4.78 is 0. The van der Waals surface area contributed by atoms with Gasteiger partial charge in [0.25, 0.3) is 11.8 Å². The zero-order chi connectivity index (χ0) is 23.4. The molecule has 0 saturated carbocycles. The van der Waals surface area contributed by atoms with E-state index in [9.17, 15) is 19.2 Å². The lowest BCUT2D eigenvalue weighted by molar-refractivity contribution is -0.122. The van der Waals surface area contributed by atoms with Crippen LogP contribution in [0.4, 0.5) is 16.2 Å². The lowest BCUT2D eigenvalue weighted by Crippen LogP contribution is -2.56. The van der Waals surface area contributed by atoms with E-state index < -0.39 is 29.8 Å². The van der Waals surface area contributed by atoms with Crippen LogP contribution in [0.25, 0.3) is 0 Å². The molecule has 3 aromatic rings. The van der Waals surface area contributed by atoms with Crippen molar-refractivity contribution in [1.29, 1.82) is 0 Å². The standard InChI is InChI=1S/C23H18ClN5O4/c24-16-6-8-17(9-7-16)26-23(33)29(27-21(31)15-10-12-25-13-11-15)19-14-20(30)28(22(19)32)18-4-2-1-3-5-18/h1-13,19H,14H2,(H,26,33)(H,27,31). The van der Waals surface area contributed by atoms with Crippen LogP contribution < -0.4 is 15.6 Å². The summed E-state index contributed by atoms with van der Waals surface area (Å²) in [5.41, 5.74) is 3.46. The first-order valence-electron chi connectivity index (χ1n) is 9.92. The van der Waals surface area contributed by atoms with Crippen molar-refractivity contribution in [2.75, 3.05) is 10.2 Å². The molecule has 1 unspecified atom stereocenters. The van der Waals surface area contributed by atoms with E-state index in [1.807, 2.05) is 0 Å². The maximum absolute atomic E-state index is 13.2. The third-order valence-electron chi connectivity index (χ3n) is 4.93. The molecule has 2 heterocycles. The molecule has 166 valence electrons. The first kappa shape index (κ1) is 22.0. The molecular formula is C23H18ClN5O4. The number of hydrazine groups is 1. The number of aromatic nitrogens is 1. The molecule has 0 spiro atoms. The van der Waals surface area contributed by atoms with E-state index in [-0.39, 0.29) is 12.0 Å². The largest absolute Gasteiger partial charge is 0.341 e. The molecule has 2 aromatic carbocycles. The van der Waals surface area contributed by atoms with Gasteiger partial charge in [-0.3, -0.25) is 24.8 Å². The maximum atomic E-state index is 13.2. The van der Waals surface area contributed by atoms with Crippen LogP contribution in [0.3, 0.4) is 0 Å². The third-order valence-corrected chi connectivity index (χ3v) is 5.18. The van der Waals surface area contributed by atoms with Gasteiger partial charge in [0.15, 0.2) is 0 Å². The molecule has 0 bridgehead atoms. The Hall–Kier alpha value is -4.24. The number of imide groups is 1. The minimum absolute atomic E-state index is 0.228. The van der Waals surface area contributed by atoms with Gasteiger partial charge in [-0.25, -0.2) is 14.7 Å². The van der Waals surface area contributed by atoms with Gasteiger partial charge < -0.3 is 5.32 Å². The molecule has 0 aliphatic carbocycles. The summed E-state index contributed by atoms with van der Waals surface area (Å²) in [5.74, 6) is -1.76. The van der Waals surface area contributed by atoms with Crippen molar-refractivity contribution in [3.05, 3.63) is 89.7 Å².